The number of rotatable bonds is 0. The largest absolute Gasteiger partial charge is 2.00 e. The van der Waals surface area contributed by atoms with Gasteiger partial charge in [0, 0.05) is 0 Å². The number of nitrogens with zero attached hydrogens (tertiary/aromatic N) is 2. The van der Waals surface area contributed by atoms with Crippen LogP contribution in [0.1, 0.15) is 7.43 Å². The second kappa shape index (κ2) is 17.9. The van der Waals surface area contributed by atoms with E-state index in [4.69, 9.17) is 24.4 Å². The van der Waals surface area contributed by atoms with E-state index in [0.29, 0.717) is 24.5 Å². The van der Waals surface area contributed by atoms with Gasteiger partial charge in [0.25, 0.3) is 0 Å². The van der Waals surface area contributed by atoms with Crippen LogP contribution in [-0.4, -0.2) is 41.5 Å². The maximum atomic E-state index is 4.70. The van der Waals surface area contributed by atoms with Crippen molar-refractivity contribution < 1.29 is 30.4 Å². The maximum Gasteiger partial charge on any atom is 2.00 e. The molecule has 0 saturated carbocycles. The van der Waals surface area contributed by atoms with Crippen molar-refractivity contribution in [3.05, 3.63) is 15.8 Å². The van der Waals surface area contributed by atoms with E-state index in [2.05, 4.69) is 80.3 Å². The Morgan fingerprint density at radius 1 is 0.680 bits per heavy atom. The Morgan fingerprint density at radius 2 is 1.00 bits per heavy atom. The second-order valence-electron chi connectivity index (χ2n) is 2.69. The average molecular weight is 566 g/mol. The fraction of sp³-hybridized carbons (Fsp3) is 0.143. The molecule has 18 heteroatoms. The van der Waals surface area contributed by atoms with Crippen LogP contribution < -0.4 is 0 Å². The van der Waals surface area contributed by atoms with Gasteiger partial charge in [-0.25, -0.2) is 0 Å². The Morgan fingerprint density at radius 3 is 1.08 bits per heavy atom. The minimum absolute atomic E-state index is 0. The number of aromatic nitrogens is 6. The number of hydrogen-bond donors (Lipinski definition) is 4. The van der Waals surface area contributed by atoms with Crippen molar-refractivity contribution in [3.63, 3.8) is 0 Å². The van der Waals surface area contributed by atoms with Gasteiger partial charge in [-0.05, 0) is 33.1 Å². The minimum Gasteiger partial charge on any atom is -0.412 e. The molecule has 0 aliphatic rings. The zero-order valence-corrected chi connectivity index (χ0v) is 21.6. The van der Waals surface area contributed by atoms with Crippen LogP contribution in [0, 0.1) is 15.8 Å². The first-order chi connectivity index (χ1) is 9.86. The molecule has 0 aromatic carbocycles. The second-order valence-corrected chi connectivity index (χ2v) is 9.66. The summed E-state index contributed by atoms with van der Waals surface area (Å²) in [6.45, 7) is 0. The maximum absolute atomic E-state index is 4.70. The first-order valence-electron chi connectivity index (χ1n) is 4.59. The van der Waals surface area contributed by atoms with Crippen LogP contribution in [0.15, 0.2) is 8.68 Å². The molecule has 3 heterocycles. The zero-order valence-electron chi connectivity index (χ0n) is 11.3. The topological polar surface area (TPSA) is 152 Å². The first-order valence-corrected chi connectivity index (χ1v) is 9.49. The number of H-pyrrole nitrogens is 4. The van der Waals surface area contributed by atoms with Gasteiger partial charge in [0.15, 0.2) is 7.91 Å². The van der Waals surface area contributed by atoms with Gasteiger partial charge in [0.1, 0.15) is 0 Å². The summed E-state index contributed by atoms with van der Waals surface area (Å²) < 4.78 is 3.83. The number of hydrogen-bond acceptors (Lipinski definition) is 11. The van der Waals surface area contributed by atoms with Crippen molar-refractivity contribution in [3.8, 4) is 0 Å². The SMILES string of the molecule is C.O.O.S=c1[nH][nH]c(=S)s1.S=c1[nH]nc([S-])s1.S=c1[nH]nc([S-])s1.[Zn+2]. The standard InChI is InChI=1S/3C2H2N2S3.CH4.2H2O.Zn/c3*5-1-3-4-2(6)7-1;;;;/h3*(H,3,5)(H,4,6);1H4;2*1H2;/q;;;;;;+2/p-2. The van der Waals surface area contributed by atoms with Gasteiger partial charge in [0.2, 0.25) is 0 Å². The van der Waals surface area contributed by atoms with E-state index in [-0.39, 0.29) is 37.9 Å². The van der Waals surface area contributed by atoms with Crippen molar-refractivity contribution in [1.82, 2.24) is 30.6 Å². The molecule has 0 radical (unpaired) electrons. The van der Waals surface area contributed by atoms with E-state index < -0.39 is 0 Å². The molecule has 0 aliphatic carbocycles. The Balaban J connectivity index is -0.000000122. The normalized spacial score (nSPS) is 7.68. The monoisotopic (exact) mass is 564 g/mol. The summed E-state index contributed by atoms with van der Waals surface area (Å²) in [7, 11) is 0. The van der Waals surface area contributed by atoms with Crippen molar-refractivity contribution in [2.75, 3.05) is 0 Å². The van der Waals surface area contributed by atoms with Crippen molar-refractivity contribution in [1.29, 1.82) is 0 Å². The Hall–Kier alpha value is 0.543. The van der Waals surface area contributed by atoms with Gasteiger partial charge in [0.05, 0.1) is 7.91 Å². The van der Waals surface area contributed by atoms with Crippen molar-refractivity contribution in [2.24, 2.45) is 0 Å². The van der Waals surface area contributed by atoms with Crippen molar-refractivity contribution >= 4 is 108 Å². The Bertz CT molecular complexity index is 816. The molecule has 3 aromatic heterocycles. The van der Waals surface area contributed by atoms with E-state index in [1.165, 1.54) is 34.0 Å². The Kier molecular flexibility index (Phi) is 23.8. The van der Waals surface area contributed by atoms with Crippen LogP contribution in [-0.2, 0) is 44.7 Å². The Labute approximate surface area is 199 Å². The van der Waals surface area contributed by atoms with Crippen molar-refractivity contribution in [2.45, 2.75) is 16.1 Å². The van der Waals surface area contributed by atoms with Gasteiger partial charge >= 0.3 is 19.5 Å². The molecule has 3 aromatic rings. The van der Waals surface area contributed by atoms with E-state index in [1.807, 2.05) is 0 Å². The molecule has 0 unspecified atom stereocenters. The smallest absolute Gasteiger partial charge is 0.412 e. The molecular weight excluding hydrogens is 554 g/mol. The molecule has 0 spiro atoms. The van der Waals surface area contributed by atoms with Gasteiger partial charge in [-0.3, -0.25) is 20.4 Å². The number of nitrogens with one attached hydrogen (secondary N) is 4. The van der Waals surface area contributed by atoms with Crippen LogP contribution in [0.5, 0.6) is 0 Å². The zero-order chi connectivity index (χ0) is 15.8. The molecule has 0 fully saturated rings. The third kappa shape index (κ3) is 16.4. The van der Waals surface area contributed by atoms with Gasteiger partial charge in [-0.1, -0.05) is 43.2 Å². The molecule has 138 valence electrons. The summed E-state index contributed by atoms with van der Waals surface area (Å²) in [5.41, 5.74) is 0. The third-order valence-electron chi connectivity index (χ3n) is 1.29. The molecule has 25 heavy (non-hydrogen) atoms. The van der Waals surface area contributed by atoms with Crippen LogP contribution in [0.3, 0.4) is 0 Å². The van der Waals surface area contributed by atoms with Crippen LogP contribution >= 0.6 is 82.9 Å². The summed E-state index contributed by atoms with van der Waals surface area (Å²) in [6, 6.07) is 0. The predicted molar refractivity (Wildman–Crippen MR) is 115 cm³/mol. The molecule has 8 nitrogen and oxygen atoms in total. The minimum atomic E-state index is 0. The molecule has 0 amide bonds. The summed E-state index contributed by atoms with van der Waals surface area (Å²) in [5, 5.41) is 17.7. The quantitative estimate of drug-likeness (QED) is 0.184. The van der Waals surface area contributed by atoms with Crippen LogP contribution in [0.4, 0.5) is 0 Å². The van der Waals surface area contributed by atoms with Crippen LogP contribution in [0.2, 0.25) is 0 Å². The van der Waals surface area contributed by atoms with Gasteiger partial charge < -0.3 is 58.9 Å². The molecule has 0 atom stereocenters. The van der Waals surface area contributed by atoms with Gasteiger partial charge in [-0.2, -0.15) is 10.2 Å². The molecule has 8 N–H and O–H groups in total. The van der Waals surface area contributed by atoms with Gasteiger partial charge in [-0.15, -0.1) is 0 Å². The predicted octanol–water partition coefficient (Wildman–Crippen LogP) is 3.06. The van der Waals surface area contributed by atoms with E-state index in [0.717, 1.165) is 0 Å². The fourth-order valence-corrected chi connectivity index (χ4v) is 3.96. The average Bonchev–Trinajstić information content (AvgIpc) is 3.06. The fourth-order valence-electron chi connectivity index (χ4n) is 0.670. The third-order valence-corrected chi connectivity index (χ3v) is 5.02. The van der Waals surface area contributed by atoms with Crippen LogP contribution in [0.25, 0.3) is 0 Å². The molecule has 3 rings (SSSR count). The summed E-state index contributed by atoms with van der Waals surface area (Å²) in [5.74, 6) is 0. The summed E-state index contributed by atoms with van der Waals surface area (Å²) in [6.07, 6.45) is 0. The first kappa shape index (κ1) is 33.2. The van der Waals surface area contributed by atoms with E-state index >= 15 is 0 Å². The van der Waals surface area contributed by atoms with E-state index in [1.54, 1.807) is 0 Å². The summed E-state index contributed by atoms with van der Waals surface area (Å²) in [4.78, 5) is 0. The molecule has 0 saturated heterocycles. The number of aromatic amines is 4. The molecule has 0 bridgehead atoms. The van der Waals surface area contributed by atoms with E-state index in [9.17, 15) is 0 Å². The molecule has 0 aliphatic heterocycles. The summed E-state index contributed by atoms with van der Waals surface area (Å²) >= 11 is 32.0. The molecular formula is C7H12N6O2S9Zn.